The number of halogens is 1. The molecule has 1 aliphatic rings. The lowest BCUT2D eigenvalue weighted by Gasteiger charge is -2.28. The molecule has 3 nitrogen and oxygen atoms in total. The zero-order chi connectivity index (χ0) is 17.2. The Balaban J connectivity index is 1.45. The van der Waals surface area contributed by atoms with Crippen molar-refractivity contribution in [3.63, 3.8) is 0 Å². The van der Waals surface area contributed by atoms with Crippen molar-refractivity contribution in [2.75, 3.05) is 13.2 Å². The van der Waals surface area contributed by atoms with Crippen LogP contribution in [-0.2, 0) is 6.42 Å². The number of hydrogen-bond donors (Lipinski definition) is 2. The van der Waals surface area contributed by atoms with Crippen molar-refractivity contribution in [1.29, 1.82) is 0 Å². The first-order valence-electron chi connectivity index (χ1n) is 8.51. The fourth-order valence-corrected chi connectivity index (χ4v) is 3.37. The van der Waals surface area contributed by atoms with Gasteiger partial charge in [-0.2, -0.15) is 0 Å². The Morgan fingerprint density at radius 1 is 1.08 bits per heavy atom. The Morgan fingerprint density at radius 3 is 2.72 bits per heavy atom. The smallest absolute Gasteiger partial charge is 0.123 e. The van der Waals surface area contributed by atoms with Gasteiger partial charge in [0.05, 0.1) is 6.10 Å². The van der Waals surface area contributed by atoms with Crippen LogP contribution < -0.4 is 10.1 Å². The van der Waals surface area contributed by atoms with Gasteiger partial charge in [-0.25, -0.2) is 4.39 Å². The predicted octanol–water partition coefficient (Wildman–Crippen LogP) is 3.61. The van der Waals surface area contributed by atoms with Gasteiger partial charge in [0.2, 0.25) is 0 Å². The van der Waals surface area contributed by atoms with Crippen molar-refractivity contribution in [2.45, 2.75) is 18.6 Å². The molecule has 0 spiro atoms. The minimum absolute atomic E-state index is 0.133. The predicted molar refractivity (Wildman–Crippen MR) is 96.3 cm³/mol. The second-order valence-corrected chi connectivity index (χ2v) is 6.45. The number of rotatable bonds is 4. The third-order valence-electron chi connectivity index (χ3n) is 4.74. The number of hydrogen-bond acceptors (Lipinski definition) is 3. The molecule has 0 amide bonds. The molecule has 0 saturated heterocycles. The van der Waals surface area contributed by atoms with Crippen molar-refractivity contribution in [2.24, 2.45) is 0 Å². The maximum atomic E-state index is 13.0. The second-order valence-electron chi connectivity index (χ2n) is 6.45. The highest BCUT2D eigenvalue weighted by Gasteiger charge is 2.22. The van der Waals surface area contributed by atoms with Crippen LogP contribution in [0.2, 0.25) is 0 Å². The fourth-order valence-electron chi connectivity index (χ4n) is 3.37. The Morgan fingerprint density at radius 2 is 1.88 bits per heavy atom. The molecular formula is C21H20FNO2. The molecule has 0 radical (unpaired) electrons. The Labute approximate surface area is 146 Å². The van der Waals surface area contributed by atoms with E-state index in [1.165, 1.54) is 28.5 Å². The monoisotopic (exact) mass is 337 g/mol. The quantitative estimate of drug-likeness (QED) is 0.764. The van der Waals surface area contributed by atoms with E-state index in [9.17, 15) is 9.50 Å². The summed E-state index contributed by atoms with van der Waals surface area (Å²) < 4.78 is 18.9. The van der Waals surface area contributed by atoms with Gasteiger partial charge in [-0.3, -0.25) is 0 Å². The lowest BCUT2D eigenvalue weighted by atomic mass is 9.96. The summed E-state index contributed by atoms with van der Waals surface area (Å²) in [6.45, 7) is 0.973. The topological polar surface area (TPSA) is 41.5 Å². The van der Waals surface area contributed by atoms with Crippen molar-refractivity contribution >= 4 is 10.8 Å². The first-order valence-corrected chi connectivity index (χ1v) is 8.51. The van der Waals surface area contributed by atoms with Crippen molar-refractivity contribution in [1.82, 2.24) is 5.32 Å². The van der Waals surface area contributed by atoms with Gasteiger partial charge >= 0.3 is 0 Å². The average Bonchev–Trinajstić information content (AvgIpc) is 2.66. The summed E-state index contributed by atoms with van der Waals surface area (Å²) in [6, 6.07) is 18.5. The second kappa shape index (κ2) is 6.82. The van der Waals surface area contributed by atoms with Crippen molar-refractivity contribution in [3.05, 3.63) is 77.6 Å². The van der Waals surface area contributed by atoms with Crippen molar-refractivity contribution < 1.29 is 14.2 Å². The standard InChI is InChI=1S/C21H20FNO2/c22-16-8-5-15(6-9-16)20(24)12-23-17-11-19-18-4-2-1-3-14(18)7-10-21(19)25-13-17/h1-10,17,20,23-24H,11-13H2. The van der Waals surface area contributed by atoms with Crippen LogP contribution in [0.5, 0.6) is 5.75 Å². The summed E-state index contributed by atoms with van der Waals surface area (Å²) in [5, 5.41) is 16.1. The Hall–Kier alpha value is -2.43. The summed E-state index contributed by atoms with van der Waals surface area (Å²) >= 11 is 0. The van der Waals surface area contributed by atoms with Crippen LogP contribution in [0.15, 0.2) is 60.7 Å². The Bertz CT molecular complexity index is 879. The molecule has 3 aromatic rings. The van der Waals surface area contributed by atoms with E-state index in [1.807, 2.05) is 18.2 Å². The molecular weight excluding hydrogens is 317 g/mol. The summed E-state index contributed by atoms with van der Waals surface area (Å²) in [5.41, 5.74) is 1.91. The average molecular weight is 337 g/mol. The van der Waals surface area contributed by atoms with E-state index < -0.39 is 6.10 Å². The molecule has 25 heavy (non-hydrogen) atoms. The highest BCUT2D eigenvalue weighted by molar-refractivity contribution is 5.88. The number of fused-ring (bicyclic) bond motifs is 3. The lowest BCUT2D eigenvalue weighted by molar-refractivity contribution is 0.157. The fraction of sp³-hybridized carbons (Fsp3) is 0.238. The Kier molecular flexibility index (Phi) is 4.38. The zero-order valence-corrected chi connectivity index (χ0v) is 13.8. The van der Waals surface area contributed by atoms with Crippen LogP contribution >= 0.6 is 0 Å². The van der Waals surface area contributed by atoms with E-state index in [0.29, 0.717) is 18.7 Å². The molecule has 0 saturated carbocycles. The molecule has 3 aromatic carbocycles. The van der Waals surface area contributed by atoms with Crippen molar-refractivity contribution in [3.8, 4) is 5.75 Å². The van der Waals surface area contributed by atoms with Gasteiger partial charge in [-0.15, -0.1) is 0 Å². The highest BCUT2D eigenvalue weighted by Crippen LogP contribution is 2.32. The molecule has 128 valence electrons. The van der Waals surface area contributed by atoms with E-state index >= 15 is 0 Å². The number of aliphatic hydroxyl groups is 1. The molecule has 0 fully saturated rings. The first-order chi connectivity index (χ1) is 12.2. The van der Waals surface area contributed by atoms with Crippen LogP contribution in [-0.4, -0.2) is 24.3 Å². The molecule has 2 N–H and O–H groups in total. The lowest BCUT2D eigenvalue weighted by Crippen LogP contribution is -2.41. The molecule has 0 aliphatic carbocycles. The minimum Gasteiger partial charge on any atom is -0.492 e. The summed E-state index contributed by atoms with van der Waals surface area (Å²) in [5.74, 6) is 0.643. The van der Waals surface area contributed by atoms with Crippen LogP contribution in [0.3, 0.4) is 0 Å². The number of nitrogens with one attached hydrogen (secondary N) is 1. The van der Waals surface area contributed by atoms with E-state index in [0.717, 1.165) is 12.2 Å². The van der Waals surface area contributed by atoms with Gasteiger partial charge < -0.3 is 15.2 Å². The molecule has 4 heteroatoms. The molecule has 4 rings (SSSR count). The van der Waals surface area contributed by atoms with Gasteiger partial charge in [0.25, 0.3) is 0 Å². The van der Waals surface area contributed by atoms with E-state index in [2.05, 4.69) is 23.5 Å². The van der Waals surface area contributed by atoms with Crippen LogP contribution in [0.25, 0.3) is 10.8 Å². The number of ether oxygens (including phenoxy) is 1. The SMILES string of the molecule is OC(CNC1COc2ccc3ccccc3c2C1)c1ccc(F)cc1. The zero-order valence-electron chi connectivity index (χ0n) is 13.8. The number of aliphatic hydroxyl groups excluding tert-OH is 1. The summed E-state index contributed by atoms with van der Waals surface area (Å²) in [4.78, 5) is 0. The molecule has 0 bridgehead atoms. The van der Waals surface area contributed by atoms with E-state index in [4.69, 9.17) is 4.74 Å². The van der Waals surface area contributed by atoms with Gasteiger partial charge in [-0.05, 0) is 41.0 Å². The molecule has 1 aliphatic heterocycles. The van der Waals surface area contributed by atoms with Gasteiger partial charge in [0, 0.05) is 18.2 Å². The van der Waals surface area contributed by atoms with Crippen LogP contribution in [0.4, 0.5) is 4.39 Å². The molecule has 1 heterocycles. The first kappa shape index (κ1) is 16.1. The highest BCUT2D eigenvalue weighted by atomic mass is 19.1. The molecule has 2 atom stereocenters. The van der Waals surface area contributed by atoms with Gasteiger partial charge in [-0.1, -0.05) is 42.5 Å². The third-order valence-corrected chi connectivity index (χ3v) is 4.74. The maximum absolute atomic E-state index is 13.0. The van der Waals surface area contributed by atoms with Crippen LogP contribution in [0.1, 0.15) is 17.2 Å². The van der Waals surface area contributed by atoms with Gasteiger partial charge in [0.1, 0.15) is 18.2 Å². The third kappa shape index (κ3) is 3.36. The summed E-state index contributed by atoms with van der Waals surface area (Å²) in [6.07, 6.45) is 0.182. The largest absolute Gasteiger partial charge is 0.492 e. The van der Waals surface area contributed by atoms with E-state index in [-0.39, 0.29) is 11.9 Å². The minimum atomic E-state index is -0.672. The number of benzene rings is 3. The normalized spacial score (nSPS) is 17.8. The van der Waals surface area contributed by atoms with E-state index in [1.54, 1.807) is 12.1 Å². The molecule has 2 unspecified atom stereocenters. The maximum Gasteiger partial charge on any atom is 0.123 e. The molecule has 0 aromatic heterocycles. The summed E-state index contributed by atoms with van der Waals surface area (Å²) in [7, 11) is 0. The van der Waals surface area contributed by atoms with Gasteiger partial charge in [0.15, 0.2) is 0 Å². The van der Waals surface area contributed by atoms with Crippen LogP contribution in [0, 0.1) is 5.82 Å².